The normalized spacial score (nSPS) is 17.3. The van der Waals surface area contributed by atoms with Crippen LogP contribution in [0.1, 0.15) is 35.3 Å². The molecule has 1 heterocycles. The second-order valence-electron chi connectivity index (χ2n) is 6.04. The van der Waals surface area contributed by atoms with Crippen molar-refractivity contribution in [3.05, 3.63) is 65.5 Å². The number of benzene rings is 2. The van der Waals surface area contributed by atoms with Crippen LogP contribution in [-0.4, -0.2) is 26.6 Å². The number of hydrogen-bond acceptors (Lipinski definition) is 3. The Hall–Kier alpha value is -2.41. The van der Waals surface area contributed by atoms with Crippen LogP contribution >= 0.6 is 0 Å². The van der Waals surface area contributed by atoms with E-state index in [0.717, 1.165) is 5.56 Å². The van der Waals surface area contributed by atoms with Crippen LogP contribution in [0.2, 0.25) is 0 Å². The molecule has 2 aromatic rings. The molecule has 2 aromatic carbocycles. The second kappa shape index (κ2) is 6.84. The van der Waals surface area contributed by atoms with Gasteiger partial charge in [0, 0.05) is 12.1 Å². The Bertz CT molecular complexity index is 864. The number of carbonyl (C=O) groups excluding carboxylic acids is 1. The highest BCUT2D eigenvalue weighted by Gasteiger charge is 2.28. The van der Waals surface area contributed by atoms with Gasteiger partial charge in [-0.2, -0.15) is 0 Å². The molecule has 1 aliphatic rings. The maximum atomic E-state index is 13.0. The average Bonchev–Trinajstić information content (AvgIpc) is 2.94. The first-order valence-corrected chi connectivity index (χ1v) is 9.64. The molecule has 132 valence electrons. The number of nitrogens with one attached hydrogen (secondary N) is 1. The molecule has 0 aromatic heterocycles. The first-order chi connectivity index (χ1) is 11.9. The van der Waals surface area contributed by atoms with E-state index in [1.165, 1.54) is 16.4 Å². The molecule has 0 spiro atoms. The number of carbonyl (C=O) groups is 1. The third-order valence-electron chi connectivity index (χ3n) is 4.23. The Morgan fingerprint density at radius 2 is 1.76 bits per heavy atom. The Kier molecular flexibility index (Phi) is 4.76. The molecule has 1 aliphatic heterocycles. The molecule has 1 unspecified atom stereocenters. The van der Waals surface area contributed by atoms with E-state index >= 15 is 0 Å². The predicted octanol–water partition coefficient (Wildman–Crippen LogP) is 2.86. The fourth-order valence-corrected chi connectivity index (χ4v) is 4.39. The van der Waals surface area contributed by atoms with Gasteiger partial charge in [0.15, 0.2) is 0 Å². The van der Waals surface area contributed by atoms with E-state index in [1.54, 1.807) is 36.4 Å². The molecule has 0 saturated carbocycles. The molecule has 1 saturated heterocycles. The van der Waals surface area contributed by atoms with Gasteiger partial charge in [-0.15, -0.1) is 0 Å². The summed E-state index contributed by atoms with van der Waals surface area (Å²) < 4.78 is 38.2. The number of amides is 1. The van der Waals surface area contributed by atoms with E-state index in [9.17, 15) is 17.6 Å². The average molecular weight is 362 g/mol. The molecule has 7 heteroatoms. The fourth-order valence-electron chi connectivity index (χ4n) is 2.82. The van der Waals surface area contributed by atoms with Crippen molar-refractivity contribution in [1.82, 2.24) is 5.32 Å². The van der Waals surface area contributed by atoms with Crippen LogP contribution < -0.4 is 9.62 Å². The number of nitrogens with zero attached hydrogens (tertiary/aromatic N) is 1. The van der Waals surface area contributed by atoms with Gasteiger partial charge < -0.3 is 5.32 Å². The summed E-state index contributed by atoms with van der Waals surface area (Å²) in [5, 5.41) is 2.84. The number of rotatable bonds is 4. The van der Waals surface area contributed by atoms with Crippen LogP contribution in [0.15, 0.2) is 48.5 Å². The van der Waals surface area contributed by atoms with Gasteiger partial charge in [0.1, 0.15) is 5.82 Å². The molecule has 0 radical (unpaired) electrons. The van der Waals surface area contributed by atoms with Crippen LogP contribution in [0.5, 0.6) is 0 Å². The molecule has 1 atom stereocenters. The third-order valence-corrected chi connectivity index (χ3v) is 6.10. The first-order valence-electron chi connectivity index (χ1n) is 8.03. The SMILES string of the molecule is CC(NC(=O)c1ccc(N2CCCS2(=O)=O)cc1)c1ccc(F)cc1. The molecule has 5 nitrogen and oxygen atoms in total. The van der Waals surface area contributed by atoms with Crippen molar-refractivity contribution in [3.63, 3.8) is 0 Å². The Morgan fingerprint density at radius 3 is 2.32 bits per heavy atom. The molecule has 0 bridgehead atoms. The number of hydrogen-bond donors (Lipinski definition) is 1. The summed E-state index contributed by atoms with van der Waals surface area (Å²) in [6.45, 7) is 2.28. The van der Waals surface area contributed by atoms with Gasteiger partial charge in [-0.1, -0.05) is 12.1 Å². The van der Waals surface area contributed by atoms with Gasteiger partial charge in [0.25, 0.3) is 5.91 Å². The van der Waals surface area contributed by atoms with E-state index in [1.807, 2.05) is 6.92 Å². The quantitative estimate of drug-likeness (QED) is 0.909. The predicted molar refractivity (Wildman–Crippen MR) is 94.5 cm³/mol. The van der Waals surface area contributed by atoms with Gasteiger partial charge >= 0.3 is 0 Å². The minimum atomic E-state index is -3.23. The molecule has 1 N–H and O–H groups in total. The highest BCUT2D eigenvalue weighted by Crippen LogP contribution is 2.24. The number of anilines is 1. The molecular weight excluding hydrogens is 343 g/mol. The van der Waals surface area contributed by atoms with Gasteiger partial charge in [-0.05, 0) is 55.3 Å². The molecule has 3 rings (SSSR count). The van der Waals surface area contributed by atoms with E-state index in [-0.39, 0.29) is 23.5 Å². The second-order valence-corrected chi connectivity index (χ2v) is 8.05. The zero-order chi connectivity index (χ0) is 18.0. The van der Waals surface area contributed by atoms with E-state index in [2.05, 4.69) is 5.32 Å². The maximum absolute atomic E-state index is 13.0. The Morgan fingerprint density at radius 1 is 1.12 bits per heavy atom. The third kappa shape index (κ3) is 3.82. The standard InChI is InChI=1S/C18H19FN2O3S/c1-13(14-3-7-16(19)8-4-14)20-18(22)15-5-9-17(10-6-15)21-11-2-12-25(21,23)24/h3-10,13H,2,11-12H2,1H3,(H,20,22). The van der Waals surface area contributed by atoms with Crippen molar-refractivity contribution >= 4 is 21.6 Å². The first kappa shape index (κ1) is 17.4. The van der Waals surface area contributed by atoms with Gasteiger partial charge in [-0.25, -0.2) is 12.8 Å². The van der Waals surface area contributed by atoms with Crippen LogP contribution in [0, 0.1) is 5.82 Å². The lowest BCUT2D eigenvalue weighted by Crippen LogP contribution is -2.27. The van der Waals surface area contributed by atoms with Gasteiger partial charge in [0.2, 0.25) is 10.0 Å². The van der Waals surface area contributed by atoms with Crippen LogP contribution in [0.3, 0.4) is 0 Å². The lowest BCUT2D eigenvalue weighted by atomic mass is 10.1. The summed E-state index contributed by atoms with van der Waals surface area (Å²) in [5.74, 6) is -0.438. The highest BCUT2D eigenvalue weighted by atomic mass is 32.2. The monoisotopic (exact) mass is 362 g/mol. The Labute approximate surface area is 146 Å². The van der Waals surface area contributed by atoms with E-state index in [0.29, 0.717) is 24.2 Å². The van der Waals surface area contributed by atoms with E-state index in [4.69, 9.17) is 0 Å². The number of halogens is 1. The van der Waals surface area contributed by atoms with Crippen molar-refractivity contribution in [2.24, 2.45) is 0 Å². The summed E-state index contributed by atoms with van der Waals surface area (Å²) in [5.41, 5.74) is 1.81. The minimum absolute atomic E-state index is 0.157. The van der Waals surface area contributed by atoms with Crippen LogP contribution in [0.25, 0.3) is 0 Å². The molecule has 25 heavy (non-hydrogen) atoms. The smallest absolute Gasteiger partial charge is 0.251 e. The van der Waals surface area contributed by atoms with Crippen molar-refractivity contribution in [2.45, 2.75) is 19.4 Å². The van der Waals surface area contributed by atoms with Gasteiger partial charge in [-0.3, -0.25) is 9.10 Å². The molecule has 1 fully saturated rings. The summed E-state index contributed by atoms with van der Waals surface area (Å²) in [6.07, 6.45) is 0.611. The zero-order valence-electron chi connectivity index (χ0n) is 13.8. The summed E-state index contributed by atoms with van der Waals surface area (Å²) in [7, 11) is -3.23. The summed E-state index contributed by atoms with van der Waals surface area (Å²) >= 11 is 0. The summed E-state index contributed by atoms with van der Waals surface area (Å²) in [6, 6.07) is 12.2. The fraction of sp³-hybridized carbons (Fsp3) is 0.278. The Balaban J connectivity index is 1.69. The van der Waals surface area contributed by atoms with Crippen molar-refractivity contribution in [2.75, 3.05) is 16.6 Å². The molecular formula is C18H19FN2O3S. The van der Waals surface area contributed by atoms with Crippen LogP contribution in [-0.2, 0) is 10.0 Å². The van der Waals surface area contributed by atoms with E-state index < -0.39 is 10.0 Å². The van der Waals surface area contributed by atoms with Crippen molar-refractivity contribution in [1.29, 1.82) is 0 Å². The summed E-state index contributed by atoms with van der Waals surface area (Å²) in [4.78, 5) is 12.3. The minimum Gasteiger partial charge on any atom is -0.346 e. The molecule has 0 aliphatic carbocycles. The zero-order valence-corrected chi connectivity index (χ0v) is 14.6. The van der Waals surface area contributed by atoms with Crippen LogP contribution in [0.4, 0.5) is 10.1 Å². The van der Waals surface area contributed by atoms with Gasteiger partial charge in [0.05, 0.1) is 17.5 Å². The maximum Gasteiger partial charge on any atom is 0.251 e. The molecule has 1 amide bonds. The lowest BCUT2D eigenvalue weighted by molar-refractivity contribution is 0.0940. The van der Waals surface area contributed by atoms with Crippen molar-refractivity contribution < 1.29 is 17.6 Å². The lowest BCUT2D eigenvalue weighted by Gasteiger charge is -2.18. The van der Waals surface area contributed by atoms with Crippen molar-refractivity contribution in [3.8, 4) is 0 Å². The largest absolute Gasteiger partial charge is 0.346 e. The number of sulfonamides is 1. The highest BCUT2D eigenvalue weighted by molar-refractivity contribution is 7.93. The topological polar surface area (TPSA) is 66.5 Å².